The van der Waals surface area contributed by atoms with E-state index >= 15 is 0 Å². The molecule has 1 heterocycles. The van der Waals surface area contributed by atoms with Crippen molar-refractivity contribution in [3.05, 3.63) is 24.3 Å². The maximum atomic E-state index is 11.4. The molecule has 1 saturated heterocycles. The lowest BCUT2D eigenvalue weighted by atomic mass is 9.76. The molecule has 0 aliphatic carbocycles. The van der Waals surface area contributed by atoms with E-state index < -0.39 is 21.2 Å². The smallest absolute Gasteiger partial charge is 0.309 e. The Morgan fingerprint density at radius 2 is 1.76 bits per heavy atom. The standard InChI is InChI=1S/C15H21NO4S/c1-3-15(14(17)18)8-10-16(11-9-15)12-4-6-13(7-5-12)21(2,19)20/h4-7H,3,8-11H2,1-2H3,(H,17,18). The van der Waals surface area contributed by atoms with Gasteiger partial charge in [-0.25, -0.2) is 8.42 Å². The Labute approximate surface area is 125 Å². The topological polar surface area (TPSA) is 74.7 Å². The van der Waals surface area contributed by atoms with Gasteiger partial charge in [0.05, 0.1) is 10.3 Å². The third-order valence-electron chi connectivity index (χ3n) is 4.48. The molecule has 0 radical (unpaired) electrons. The van der Waals surface area contributed by atoms with Crippen molar-refractivity contribution in [1.82, 2.24) is 0 Å². The normalized spacial score (nSPS) is 18.5. The van der Waals surface area contributed by atoms with Crippen molar-refractivity contribution >= 4 is 21.5 Å². The van der Waals surface area contributed by atoms with Gasteiger partial charge in [0.1, 0.15) is 0 Å². The summed E-state index contributed by atoms with van der Waals surface area (Å²) in [6, 6.07) is 6.78. The summed E-state index contributed by atoms with van der Waals surface area (Å²) in [6.45, 7) is 3.28. The number of hydrogen-bond donors (Lipinski definition) is 1. The minimum Gasteiger partial charge on any atom is -0.481 e. The van der Waals surface area contributed by atoms with Gasteiger partial charge >= 0.3 is 5.97 Å². The third-order valence-corrected chi connectivity index (χ3v) is 5.61. The maximum absolute atomic E-state index is 11.4. The van der Waals surface area contributed by atoms with E-state index in [1.165, 1.54) is 6.26 Å². The third kappa shape index (κ3) is 3.20. The van der Waals surface area contributed by atoms with E-state index in [1.54, 1.807) is 24.3 Å². The van der Waals surface area contributed by atoms with Gasteiger partial charge in [0, 0.05) is 25.0 Å². The van der Waals surface area contributed by atoms with Gasteiger partial charge in [-0.15, -0.1) is 0 Å². The quantitative estimate of drug-likeness (QED) is 0.922. The minimum atomic E-state index is -3.18. The molecule has 1 aromatic carbocycles. The highest BCUT2D eigenvalue weighted by molar-refractivity contribution is 7.90. The summed E-state index contributed by atoms with van der Waals surface area (Å²) in [6.07, 6.45) is 3.06. The summed E-state index contributed by atoms with van der Waals surface area (Å²) in [4.78, 5) is 13.8. The molecule has 0 amide bonds. The van der Waals surface area contributed by atoms with E-state index in [0.717, 1.165) is 5.69 Å². The van der Waals surface area contributed by atoms with E-state index in [1.807, 2.05) is 6.92 Å². The molecule has 1 aliphatic rings. The molecule has 1 aromatic rings. The van der Waals surface area contributed by atoms with Crippen molar-refractivity contribution in [1.29, 1.82) is 0 Å². The van der Waals surface area contributed by atoms with Gasteiger partial charge in [-0.3, -0.25) is 4.79 Å². The fourth-order valence-corrected chi connectivity index (χ4v) is 3.45. The summed E-state index contributed by atoms with van der Waals surface area (Å²) in [7, 11) is -3.18. The molecule has 1 aliphatic heterocycles. The molecule has 6 heteroatoms. The zero-order valence-electron chi connectivity index (χ0n) is 12.4. The van der Waals surface area contributed by atoms with Crippen LogP contribution in [0.5, 0.6) is 0 Å². The second-order valence-electron chi connectivity index (χ2n) is 5.69. The van der Waals surface area contributed by atoms with Crippen LogP contribution < -0.4 is 4.90 Å². The zero-order chi connectivity index (χ0) is 15.7. The lowest BCUT2D eigenvalue weighted by Gasteiger charge is -2.39. The Bertz CT molecular complexity index is 614. The number of nitrogens with zero attached hydrogens (tertiary/aromatic N) is 1. The number of rotatable bonds is 4. The minimum absolute atomic E-state index is 0.303. The molecule has 1 N–H and O–H groups in total. The number of carboxylic acid groups (broad SMARTS) is 1. The first kappa shape index (κ1) is 15.8. The highest BCUT2D eigenvalue weighted by atomic mass is 32.2. The molecule has 0 aromatic heterocycles. The van der Waals surface area contributed by atoms with E-state index in [4.69, 9.17) is 0 Å². The molecule has 116 valence electrons. The van der Waals surface area contributed by atoms with E-state index in [0.29, 0.717) is 37.2 Å². The van der Waals surface area contributed by atoms with Gasteiger partial charge in [0.2, 0.25) is 0 Å². The van der Waals surface area contributed by atoms with Gasteiger partial charge in [0.25, 0.3) is 0 Å². The maximum Gasteiger partial charge on any atom is 0.309 e. The van der Waals surface area contributed by atoms with Crippen LogP contribution in [-0.4, -0.2) is 38.8 Å². The lowest BCUT2D eigenvalue weighted by Crippen LogP contribution is -2.44. The SMILES string of the molecule is CCC1(C(=O)O)CCN(c2ccc(S(C)(=O)=O)cc2)CC1. The van der Waals surface area contributed by atoms with Gasteiger partial charge in [-0.05, 0) is 43.5 Å². The van der Waals surface area contributed by atoms with Crippen LogP contribution in [0.3, 0.4) is 0 Å². The monoisotopic (exact) mass is 311 g/mol. The molecule has 0 bridgehead atoms. The molecule has 2 rings (SSSR count). The van der Waals surface area contributed by atoms with Crippen LogP contribution in [0.25, 0.3) is 0 Å². The fourth-order valence-electron chi connectivity index (χ4n) is 2.82. The predicted molar refractivity (Wildman–Crippen MR) is 81.4 cm³/mol. The van der Waals surface area contributed by atoms with Gasteiger partial charge in [-0.2, -0.15) is 0 Å². The highest BCUT2D eigenvalue weighted by Crippen LogP contribution is 2.36. The molecule has 21 heavy (non-hydrogen) atoms. The van der Waals surface area contributed by atoms with E-state index in [2.05, 4.69) is 4.90 Å². The van der Waals surface area contributed by atoms with Crippen molar-refractivity contribution < 1.29 is 18.3 Å². The summed E-state index contributed by atoms with van der Waals surface area (Å²) >= 11 is 0. The number of piperidine rings is 1. The lowest BCUT2D eigenvalue weighted by molar-refractivity contribution is -0.150. The average molecular weight is 311 g/mol. The number of sulfone groups is 1. The summed E-state index contributed by atoms with van der Waals surface area (Å²) in [5.74, 6) is -0.711. The molecule has 1 fully saturated rings. The number of carboxylic acids is 1. The van der Waals surface area contributed by atoms with Crippen LogP contribution in [0.15, 0.2) is 29.2 Å². The fraction of sp³-hybridized carbons (Fsp3) is 0.533. The zero-order valence-corrected chi connectivity index (χ0v) is 13.2. The van der Waals surface area contributed by atoms with Crippen molar-refractivity contribution in [2.45, 2.75) is 31.1 Å². The van der Waals surface area contributed by atoms with E-state index in [9.17, 15) is 18.3 Å². The Morgan fingerprint density at radius 3 is 2.14 bits per heavy atom. The second-order valence-corrected chi connectivity index (χ2v) is 7.71. The predicted octanol–water partition coefficient (Wildman–Crippen LogP) is 2.17. The van der Waals surface area contributed by atoms with E-state index in [-0.39, 0.29) is 0 Å². The summed E-state index contributed by atoms with van der Waals surface area (Å²) in [5.41, 5.74) is 0.334. The number of anilines is 1. The van der Waals surface area contributed by atoms with Crippen LogP contribution in [0.1, 0.15) is 26.2 Å². The van der Waals surface area contributed by atoms with Gasteiger partial charge in [0.15, 0.2) is 9.84 Å². The first-order valence-electron chi connectivity index (χ1n) is 7.07. The van der Waals surface area contributed by atoms with Crippen molar-refractivity contribution in [2.24, 2.45) is 5.41 Å². The van der Waals surface area contributed by atoms with Gasteiger partial charge in [-0.1, -0.05) is 6.92 Å². The molecule has 0 spiro atoms. The Kier molecular flexibility index (Phi) is 4.27. The van der Waals surface area contributed by atoms with Crippen LogP contribution >= 0.6 is 0 Å². The first-order valence-corrected chi connectivity index (χ1v) is 8.96. The molecule has 0 unspecified atom stereocenters. The largest absolute Gasteiger partial charge is 0.481 e. The van der Waals surface area contributed by atoms with Gasteiger partial charge < -0.3 is 10.0 Å². The Morgan fingerprint density at radius 1 is 1.24 bits per heavy atom. The van der Waals surface area contributed by atoms with Crippen molar-refractivity contribution in [3.63, 3.8) is 0 Å². The molecule has 0 saturated carbocycles. The number of carbonyl (C=O) groups is 1. The van der Waals surface area contributed by atoms with Crippen LogP contribution in [-0.2, 0) is 14.6 Å². The molecular weight excluding hydrogens is 290 g/mol. The number of hydrogen-bond acceptors (Lipinski definition) is 4. The van der Waals surface area contributed by atoms with Crippen molar-refractivity contribution in [3.8, 4) is 0 Å². The van der Waals surface area contributed by atoms with Crippen molar-refractivity contribution in [2.75, 3.05) is 24.2 Å². The molecule has 5 nitrogen and oxygen atoms in total. The number of aliphatic carboxylic acids is 1. The average Bonchev–Trinajstić information content (AvgIpc) is 2.46. The van der Waals surface area contributed by atoms with Crippen LogP contribution in [0.2, 0.25) is 0 Å². The highest BCUT2D eigenvalue weighted by Gasteiger charge is 2.39. The van der Waals surface area contributed by atoms with Crippen LogP contribution in [0, 0.1) is 5.41 Å². The summed E-state index contributed by atoms with van der Waals surface area (Å²) < 4.78 is 22.9. The van der Waals surface area contributed by atoms with Crippen LogP contribution in [0.4, 0.5) is 5.69 Å². The Hall–Kier alpha value is -1.56. The summed E-state index contributed by atoms with van der Waals surface area (Å²) in [5, 5.41) is 9.39. The second kappa shape index (κ2) is 5.67. The molecular formula is C15H21NO4S. The first-order chi connectivity index (χ1) is 9.78. The molecule has 0 atom stereocenters. The Balaban J connectivity index is 2.11. The number of benzene rings is 1.